The minimum absolute atomic E-state index is 0.147. The van der Waals surface area contributed by atoms with Crippen molar-refractivity contribution in [2.45, 2.75) is 19.2 Å². The van der Waals surface area contributed by atoms with Gasteiger partial charge in [-0.15, -0.1) is 5.10 Å². The van der Waals surface area contributed by atoms with Gasteiger partial charge in [0.25, 0.3) is 5.91 Å². The van der Waals surface area contributed by atoms with Crippen molar-refractivity contribution in [2.24, 2.45) is 7.05 Å². The first-order valence-corrected chi connectivity index (χ1v) is 9.17. The predicted octanol–water partition coefficient (Wildman–Crippen LogP) is 2.07. The molecule has 4 rings (SSSR count). The Labute approximate surface area is 170 Å². The molecule has 0 aliphatic carbocycles. The van der Waals surface area contributed by atoms with E-state index in [0.29, 0.717) is 17.0 Å². The van der Waals surface area contributed by atoms with E-state index in [2.05, 4.69) is 20.7 Å². The summed E-state index contributed by atoms with van der Waals surface area (Å²) in [6.45, 7) is 0.299. The lowest BCUT2D eigenvalue weighted by molar-refractivity contribution is 0.0923. The van der Waals surface area contributed by atoms with Crippen molar-refractivity contribution in [3.63, 3.8) is 0 Å². The quantitative estimate of drug-likeness (QED) is 0.483. The second-order valence-corrected chi connectivity index (χ2v) is 6.75. The van der Waals surface area contributed by atoms with Crippen molar-refractivity contribution < 1.29 is 18.7 Å². The van der Waals surface area contributed by atoms with E-state index in [1.807, 2.05) is 0 Å². The number of halogens is 1. The number of aliphatic hydroxyl groups excluding tert-OH is 1. The predicted molar refractivity (Wildman–Crippen MR) is 103 cm³/mol. The molecule has 0 saturated carbocycles. The molecule has 0 radical (unpaired) electrons. The summed E-state index contributed by atoms with van der Waals surface area (Å²) in [5.74, 6) is -0.0261. The molecule has 0 bridgehead atoms. The van der Waals surface area contributed by atoms with E-state index in [9.17, 15) is 14.3 Å². The van der Waals surface area contributed by atoms with Crippen LogP contribution in [0.2, 0.25) is 0 Å². The maximum absolute atomic E-state index is 13.0. The number of aromatic nitrogens is 5. The van der Waals surface area contributed by atoms with Crippen LogP contribution in [0.15, 0.2) is 59.4 Å². The van der Waals surface area contributed by atoms with Crippen LogP contribution in [0.3, 0.4) is 0 Å². The number of furan rings is 1. The fourth-order valence-corrected chi connectivity index (χ4v) is 2.90. The van der Waals surface area contributed by atoms with Gasteiger partial charge < -0.3 is 14.8 Å². The monoisotopic (exact) mass is 410 g/mol. The second kappa shape index (κ2) is 8.29. The van der Waals surface area contributed by atoms with Gasteiger partial charge in [0.1, 0.15) is 17.3 Å². The average Bonchev–Trinajstić information content (AvgIpc) is 3.47. The highest BCUT2D eigenvalue weighted by molar-refractivity contribution is 5.91. The Hall–Kier alpha value is -3.79. The van der Waals surface area contributed by atoms with Gasteiger partial charge in [0.15, 0.2) is 5.76 Å². The van der Waals surface area contributed by atoms with Gasteiger partial charge >= 0.3 is 0 Å². The van der Waals surface area contributed by atoms with Gasteiger partial charge in [0, 0.05) is 13.2 Å². The molecular formula is C20H19FN6O3. The molecule has 30 heavy (non-hydrogen) atoms. The van der Waals surface area contributed by atoms with E-state index >= 15 is 0 Å². The zero-order chi connectivity index (χ0) is 21.1. The molecule has 2 N–H and O–H groups in total. The maximum Gasteiger partial charge on any atom is 0.287 e. The number of nitrogens with one attached hydrogen (secondary N) is 1. The van der Waals surface area contributed by atoms with Gasteiger partial charge in [0.2, 0.25) is 0 Å². The van der Waals surface area contributed by atoms with Crippen LogP contribution in [-0.4, -0.2) is 35.8 Å². The normalized spacial score (nSPS) is 12.1. The third-order valence-corrected chi connectivity index (χ3v) is 4.45. The zero-order valence-corrected chi connectivity index (χ0v) is 16.1. The van der Waals surface area contributed by atoms with Crippen molar-refractivity contribution in [3.05, 3.63) is 77.8 Å². The molecule has 3 aromatic heterocycles. The highest BCUT2D eigenvalue weighted by Crippen LogP contribution is 2.21. The molecule has 1 aromatic carbocycles. The maximum atomic E-state index is 13.0. The van der Waals surface area contributed by atoms with E-state index in [-0.39, 0.29) is 30.6 Å². The summed E-state index contributed by atoms with van der Waals surface area (Å²) in [6, 6.07) is 8.90. The molecule has 154 valence electrons. The molecule has 4 aromatic rings. The number of carbonyl (C=O) groups is 1. The molecule has 0 spiro atoms. The summed E-state index contributed by atoms with van der Waals surface area (Å²) in [5.41, 5.74) is 1.87. The fraction of sp³-hybridized carbons (Fsp3) is 0.200. The first-order valence-electron chi connectivity index (χ1n) is 9.17. The zero-order valence-electron chi connectivity index (χ0n) is 16.1. The van der Waals surface area contributed by atoms with Crippen LogP contribution in [0.25, 0.3) is 11.3 Å². The number of aliphatic hydroxyl groups is 1. The smallest absolute Gasteiger partial charge is 0.287 e. The lowest BCUT2D eigenvalue weighted by Crippen LogP contribution is -2.22. The van der Waals surface area contributed by atoms with E-state index in [1.54, 1.807) is 42.5 Å². The van der Waals surface area contributed by atoms with Crippen molar-refractivity contribution in [2.75, 3.05) is 0 Å². The van der Waals surface area contributed by atoms with Crippen molar-refractivity contribution in [1.29, 1.82) is 0 Å². The average molecular weight is 410 g/mol. The first kappa shape index (κ1) is 19.5. The number of aryl methyl sites for hydroxylation is 1. The van der Waals surface area contributed by atoms with E-state index < -0.39 is 6.10 Å². The number of carbonyl (C=O) groups excluding carboxylic acids is 1. The number of benzene rings is 1. The number of nitrogens with zero attached hydrogens (tertiary/aromatic N) is 5. The van der Waals surface area contributed by atoms with Gasteiger partial charge in [-0.2, -0.15) is 5.10 Å². The molecule has 0 saturated heterocycles. The summed E-state index contributed by atoms with van der Waals surface area (Å²) >= 11 is 0. The van der Waals surface area contributed by atoms with Crippen molar-refractivity contribution in [3.8, 4) is 11.3 Å². The van der Waals surface area contributed by atoms with Crippen LogP contribution in [0.4, 0.5) is 4.39 Å². The van der Waals surface area contributed by atoms with Crippen molar-refractivity contribution >= 4 is 5.91 Å². The van der Waals surface area contributed by atoms with Gasteiger partial charge in [-0.05, 0) is 29.8 Å². The summed E-state index contributed by atoms with van der Waals surface area (Å²) in [6.07, 6.45) is 4.21. The van der Waals surface area contributed by atoms with Gasteiger partial charge in [-0.3, -0.25) is 9.48 Å². The van der Waals surface area contributed by atoms with Crippen LogP contribution >= 0.6 is 0 Å². The minimum Gasteiger partial charge on any atom is -0.451 e. The molecule has 0 fully saturated rings. The molecule has 3 heterocycles. The molecule has 0 aliphatic rings. The number of rotatable bonds is 7. The Bertz CT molecular complexity index is 1150. The molecule has 0 aliphatic heterocycles. The SMILES string of the molecule is Cn1cc(-c2ccc(C(=O)NCc3cn(C[C@@H](O)c4ccc(F)cc4)nn3)o2)cn1. The molecular weight excluding hydrogens is 391 g/mol. The molecule has 9 nitrogen and oxygen atoms in total. The van der Waals surface area contributed by atoms with Crippen LogP contribution in [0, 0.1) is 5.82 Å². The Kier molecular flexibility index (Phi) is 5.40. The Morgan fingerprint density at radius 3 is 2.77 bits per heavy atom. The molecule has 1 amide bonds. The van der Waals surface area contributed by atoms with Gasteiger partial charge in [0.05, 0.1) is 37.2 Å². The third-order valence-electron chi connectivity index (χ3n) is 4.45. The highest BCUT2D eigenvalue weighted by Gasteiger charge is 2.14. The minimum atomic E-state index is -0.858. The largest absolute Gasteiger partial charge is 0.451 e. The lowest BCUT2D eigenvalue weighted by atomic mass is 10.1. The standard InChI is InChI=1S/C20H19FN6O3/c1-26-10-14(8-23-26)18-6-7-19(30-18)20(29)22-9-16-11-27(25-24-16)12-17(28)13-2-4-15(21)5-3-13/h2-8,10-11,17,28H,9,12H2,1H3,(H,22,29)/t17-/m1/s1. The van der Waals surface area contributed by atoms with E-state index in [4.69, 9.17) is 4.42 Å². The summed E-state index contributed by atoms with van der Waals surface area (Å²) in [7, 11) is 1.80. The van der Waals surface area contributed by atoms with Crippen LogP contribution in [0.5, 0.6) is 0 Å². The van der Waals surface area contributed by atoms with Gasteiger partial charge in [-0.25, -0.2) is 9.07 Å². The van der Waals surface area contributed by atoms with E-state index in [0.717, 1.165) is 5.56 Å². The summed E-state index contributed by atoms with van der Waals surface area (Å²) in [5, 5.41) is 25.0. The topological polar surface area (TPSA) is 111 Å². The van der Waals surface area contributed by atoms with E-state index in [1.165, 1.54) is 28.9 Å². The highest BCUT2D eigenvalue weighted by atomic mass is 19.1. The molecule has 0 unspecified atom stereocenters. The third kappa shape index (κ3) is 4.44. The summed E-state index contributed by atoms with van der Waals surface area (Å²) < 4.78 is 21.7. The fourth-order valence-electron chi connectivity index (χ4n) is 2.90. The Morgan fingerprint density at radius 2 is 2.03 bits per heavy atom. The number of amides is 1. The number of hydrogen-bond donors (Lipinski definition) is 2. The summed E-state index contributed by atoms with van der Waals surface area (Å²) in [4.78, 5) is 12.3. The van der Waals surface area contributed by atoms with Crippen LogP contribution in [-0.2, 0) is 20.1 Å². The molecule has 1 atom stereocenters. The number of hydrogen-bond acceptors (Lipinski definition) is 6. The first-order chi connectivity index (χ1) is 14.5. The van der Waals surface area contributed by atoms with Crippen LogP contribution in [0.1, 0.15) is 27.9 Å². The van der Waals surface area contributed by atoms with Crippen LogP contribution < -0.4 is 5.32 Å². The molecule has 10 heteroatoms. The van der Waals surface area contributed by atoms with Crippen molar-refractivity contribution in [1.82, 2.24) is 30.1 Å². The second-order valence-electron chi connectivity index (χ2n) is 6.75. The Balaban J connectivity index is 1.32. The van der Waals surface area contributed by atoms with Gasteiger partial charge in [-0.1, -0.05) is 17.3 Å². The Morgan fingerprint density at radius 1 is 1.23 bits per heavy atom. The lowest BCUT2D eigenvalue weighted by Gasteiger charge is -2.10.